The van der Waals surface area contributed by atoms with Crippen LogP contribution in [0, 0.1) is 0 Å². The first kappa shape index (κ1) is 29.2. The largest absolute Gasteiger partial charge is 0.456 e. The molecule has 2 aromatic heterocycles. The molecule has 0 spiro atoms. The van der Waals surface area contributed by atoms with E-state index in [1.165, 1.54) is 49.5 Å². The number of nitrogens with zero attached hydrogens (tertiary/aromatic N) is 1. The summed E-state index contributed by atoms with van der Waals surface area (Å²) in [7, 11) is 0. The highest BCUT2D eigenvalue weighted by molar-refractivity contribution is 6.08. The Morgan fingerprint density at radius 3 is 1.75 bits per heavy atom. The number of hydrogen-bond donors (Lipinski definition) is 0. The third kappa shape index (κ3) is 4.26. The van der Waals surface area contributed by atoms with E-state index in [9.17, 15) is 0 Å². The molecule has 3 heteroatoms. The monoisotopic (exact) mass is 667 g/mol. The van der Waals surface area contributed by atoms with Crippen molar-refractivity contribution in [2.75, 3.05) is 4.90 Å². The average molecular weight is 668 g/mol. The molecule has 11 rings (SSSR count). The van der Waals surface area contributed by atoms with Crippen LogP contribution in [0.1, 0.15) is 25.0 Å². The second-order valence-electron chi connectivity index (χ2n) is 14.6. The SMILES string of the molecule is CC1(C)c2cc(N(c3ccc(-c4ccc5ccccc5c4)cc3)c3ccc4oc5ccccc5c4c3)ccc2-c2cc3oc4ccccc4c3cc21. The second-order valence-corrected chi connectivity index (χ2v) is 14.6. The molecule has 0 amide bonds. The van der Waals surface area contributed by atoms with E-state index in [1.54, 1.807) is 0 Å². The molecule has 0 aliphatic heterocycles. The Labute approximate surface area is 301 Å². The molecule has 8 aromatic carbocycles. The third-order valence-corrected chi connectivity index (χ3v) is 11.2. The topological polar surface area (TPSA) is 29.5 Å². The van der Waals surface area contributed by atoms with Crippen LogP contribution in [0.2, 0.25) is 0 Å². The number of benzene rings is 8. The van der Waals surface area contributed by atoms with Gasteiger partial charge in [-0.3, -0.25) is 0 Å². The first-order valence-electron chi connectivity index (χ1n) is 17.9. The molecule has 0 atom stereocenters. The molecule has 0 unspecified atom stereocenters. The lowest BCUT2D eigenvalue weighted by Crippen LogP contribution is -2.16. The molecular formula is C49H33NO2. The van der Waals surface area contributed by atoms with Gasteiger partial charge in [-0.2, -0.15) is 0 Å². The highest BCUT2D eigenvalue weighted by Crippen LogP contribution is 2.52. The minimum absolute atomic E-state index is 0.205. The van der Waals surface area contributed by atoms with Crippen molar-refractivity contribution in [3.8, 4) is 22.3 Å². The first-order chi connectivity index (χ1) is 25.5. The van der Waals surface area contributed by atoms with Crippen LogP contribution >= 0.6 is 0 Å². The number of fused-ring (bicyclic) bond motifs is 10. The Morgan fingerprint density at radius 2 is 0.962 bits per heavy atom. The highest BCUT2D eigenvalue weighted by Gasteiger charge is 2.37. The average Bonchev–Trinajstić information content (AvgIpc) is 3.81. The summed E-state index contributed by atoms with van der Waals surface area (Å²) in [6.45, 7) is 4.70. The van der Waals surface area contributed by atoms with Crippen LogP contribution in [0.25, 0.3) is 76.9 Å². The standard InChI is InChI=1S/C49H33NO2/c1-49(2)43-27-36(21-23-37(43)40-29-48-42(28-44(40)49)39-12-6-8-14-46(39)52-48)50(35-22-24-47-41(26-35)38-11-5-7-13-45(38)51-47)34-19-17-31(18-20-34)33-16-15-30-9-3-4-10-32(30)25-33/h3-29H,1-2H3. The van der Waals surface area contributed by atoms with Gasteiger partial charge in [-0.05, 0) is 117 Å². The van der Waals surface area contributed by atoms with Gasteiger partial charge in [-0.1, -0.05) is 105 Å². The number of para-hydroxylation sites is 2. The van der Waals surface area contributed by atoms with Crippen molar-refractivity contribution in [2.24, 2.45) is 0 Å². The molecule has 10 aromatic rings. The van der Waals surface area contributed by atoms with E-state index in [-0.39, 0.29) is 5.41 Å². The molecule has 246 valence electrons. The summed E-state index contributed by atoms with van der Waals surface area (Å²) in [4.78, 5) is 2.38. The van der Waals surface area contributed by atoms with Gasteiger partial charge in [0, 0.05) is 44.0 Å². The summed E-state index contributed by atoms with van der Waals surface area (Å²) < 4.78 is 12.6. The normalized spacial score (nSPS) is 13.3. The van der Waals surface area contributed by atoms with E-state index in [4.69, 9.17) is 8.83 Å². The lowest BCUT2D eigenvalue weighted by molar-refractivity contribution is 0.658. The van der Waals surface area contributed by atoms with E-state index in [1.807, 2.05) is 18.2 Å². The highest BCUT2D eigenvalue weighted by atomic mass is 16.3. The van der Waals surface area contributed by atoms with Crippen molar-refractivity contribution in [1.82, 2.24) is 0 Å². The molecule has 0 saturated carbocycles. The van der Waals surface area contributed by atoms with Crippen molar-refractivity contribution in [3.05, 3.63) is 175 Å². The Kier molecular flexibility index (Phi) is 6.01. The Balaban J connectivity index is 1.07. The van der Waals surface area contributed by atoms with Crippen molar-refractivity contribution in [2.45, 2.75) is 19.3 Å². The van der Waals surface area contributed by atoms with Crippen LogP contribution in [0.3, 0.4) is 0 Å². The van der Waals surface area contributed by atoms with Crippen molar-refractivity contribution in [1.29, 1.82) is 0 Å². The van der Waals surface area contributed by atoms with Crippen molar-refractivity contribution in [3.63, 3.8) is 0 Å². The zero-order valence-corrected chi connectivity index (χ0v) is 28.9. The first-order valence-corrected chi connectivity index (χ1v) is 17.9. The van der Waals surface area contributed by atoms with E-state index in [2.05, 4.69) is 164 Å². The number of hydrogen-bond acceptors (Lipinski definition) is 3. The predicted molar refractivity (Wildman–Crippen MR) is 216 cm³/mol. The maximum absolute atomic E-state index is 6.34. The zero-order valence-electron chi connectivity index (χ0n) is 28.9. The van der Waals surface area contributed by atoms with Gasteiger partial charge < -0.3 is 13.7 Å². The molecule has 0 N–H and O–H groups in total. The maximum atomic E-state index is 6.34. The molecule has 52 heavy (non-hydrogen) atoms. The van der Waals surface area contributed by atoms with Crippen LogP contribution in [-0.4, -0.2) is 0 Å². The van der Waals surface area contributed by atoms with Crippen molar-refractivity contribution < 1.29 is 8.83 Å². The van der Waals surface area contributed by atoms with E-state index in [0.29, 0.717) is 0 Å². The van der Waals surface area contributed by atoms with Crippen LogP contribution < -0.4 is 4.90 Å². The van der Waals surface area contributed by atoms with Gasteiger partial charge >= 0.3 is 0 Å². The number of furan rings is 2. The lowest BCUT2D eigenvalue weighted by atomic mass is 9.82. The van der Waals surface area contributed by atoms with Crippen LogP contribution in [0.4, 0.5) is 17.1 Å². The summed E-state index contributed by atoms with van der Waals surface area (Å²) >= 11 is 0. The van der Waals surface area contributed by atoms with Crippen LogP contribution in [-0.2, 0) is 5.41 Å². The molecular weight excluding hydrogens is 635 g/mol. The van der Waals surface area contributed by atoms with Gasteiger partial charge in [0.2, 0.25) is 0 Å². The van der Waals surface area contributed by atoms with Gasteiger partial charge in [0.15, 0.2) is 0 Å². The van der Waals surface area contributed by atoms with Gasteiger partial charge in [0.25, 0.3) is 0 Å². The minimum Gasteiger partial charge on any atom is -0.456 e. The van der Waals surface area contributed by atoms with Gasteiger partial charge in [-0.15, -0.1) is 0 Å². The van der Waals surface area contributed by atoms with Crippen molar-refractivity contribution >= 4 is 71.7 Å². The number of rotatable bonds is 4. The summed E-state index contributed by atoms with van der Waals surface area (Å²) in [5, 5.41) is 7.05. The molecule has 2 heterocycles. The summed E-state index contributed by atoms with van der Waals surface area (Å²) in [5.74, 6) is 0. The van der Waals surface area contributed by atoms with E-state index >= 15 is 0 Å². The lowest BCUT2D eigenvalue weighted by Gasteiger charge is -2.28. The fraction of sp³-hybridized carbons (Fsp3) is 0.0612. The molecule has 3 nitrogen and oxygen atoms in total. The molecule has 0 fully saturated rings. The van der Waals surface area contributed by atoms with Gasteiger partial charge in [-0.25, -0.2) is 0 Å². The summed E-state index contributed by atoms with van der Waals surface area (Å²) in [6.07, 6.45) is 0. The second kappa shape index (κ2) is 10.7. The Bertz CT molecular complexity index is 3050. The van der Waals surface area contributed by atoms with E-state index in [0.717, 1.165) is 55.6 Å². The molecule has 1 aliphatic carbocycles. The summed E-state index contributed by atoms with van der Waals surface area (Å²) in [6, 6.07) is 58.9. The van der Waals surface area contributed by atoms with Crippen LogP contribution in [0.5, 0.6) is 0 Å². The van der Waals surface area contributed by atoms with Gasteiger partial charge in [0.05, 0.1) is 0 Å². The molecule has 0 saturated heterocycles. The molecule has 0 radical (unpaired) electrons. The minimum atomic E-state index is -0.205. The Morgan fingerprint density at radius 1 is 0.385 bits per heavy atom. The fourth-order valence-electron chi connectivity index (χ4n) is 8.55. The predicted octanol–water partition coefficient (Wildman–Crippen LogP) is 14.1. The molecule has 0 bridgehead atoms. The quantitative estimate of drug-likeness (QED) is 0.187. The maximum Gasteiger partial charge on any atom is 0.136 e. The third-order valence-electron chi connectivity index (χ3n) is 11.2. The molecule has 1 aliphatic rings. The van der Waals surface area contributed by atoms with Gasteiger partial charge in [0.1, 0.15) is 22.3 Å². The Hall–Kier alpha value is -6.58. The van der Waals surface area contributed by atoms with Crippen LogP contribution in [0.15, 0.2) is 173 Å². The summed E-state index contributed by atoms with van der Waals surface area (Å²) in [5.41, 5.74) is 14.3. The smallest absolute Gasteiger partial charge is 0.136 e. The van der Waals surface area contributed by atoms with E-state index < -0.39 is 0 Å². The zero-order chi connectivity index (χ0) is 34.6. The fourth-order valence-corrected chi connectivity index (χ4v) is 8.55. The number of anilines is 3.